The first-order valence-corrected chi connectivity index (χ1v) is 10.8. The van der Waals surface area contributed by atoms with E-state index in [1.54, 1.807) is 27.1 Å². The average molecular weight is 449 g/mol. The number of benzene rings is 2. The Balaban J connectivity index is 1.61. The molecule has 2 N–H and O–H groups in total. The molecule has 4 amide bonds. The summed E-state index contributed by atoms with van der Waals surface area (Å²) in [6, 6.07) is 11.3. The second kappa shape index (κ2) is 8.61. The zero-order valence-corrected chi connectivity index (χ0v) is 19.4. The molecular weight excluding hydrogens is 420 g/mol. The first-order chi connectivity index (χ1) is 15.7. The van der Waals surface area contributed by atoms with Crippen molar-refractivity contribution in [3.05, 3.63) is 70.4 Å². The number of carbonyl (C=O) groups is 3. The predicted octanol–water partition coefficient (Wildman–Crippen LogP) is 3.13. The second-order valence-corrected chi connectivity index (χ2v) is 8.44. The minimum absolute atomic E-state index is 0.172. The molecule has 0 unspecified atom stereocenters. The van der Waals surface area contributed by atoms with Crippen LogP contribution in [0.15, 0.2) is 53.7 Å². The fourth-order valence-electron chi connectivity index (χ4n) is 4.25. The maximum Gasteiger partial charge on any atom is 0.322 e. The average Bonchev–Trinajstić information content (AvgIpc) is 3.15. The quantitative estimate of drug-likeness (QED) is 0.735. The lowest BCUT2D eigenvalue weighted by Crippen LogP contribution is -2.45. The largest absolute Gasteiger partial charge is 0.496 e. The van der Waals surface area contributed by atoms with Crippen molar-refractivity contribution in [1.82, 2.24) is 15.1 Å². The van der Waals surface area contributed by atoms with Crippen molar-refractivity contribution in [2.45, 2.75) is 32.9 Å². The van der Waals surface area contributed by atoms with Gasteiger partial charge in [-0.1, -0.05) is 24.3 Å². The zero-order valence-electron chi connectivity index (χ0n) is 19.4. The van der Waals surface area contributed by atoms with Crippen LogP contribution in [0.25, 0.3) is 0 Å². The lowest BCUT2D eigenvalue weighted by molar-refractivity contribution is -0.133. The maximum absolute atomic E-state index is 13.5. The van der Waals surface area contributed by atoms with Gasteiger partial charge in [0.15, 0.2) is 0 Å². The third-order valence-electron chi connectivity index (χ3n) is 6.46. The maximum atomic E-state index is 13.5. The Hall–Kier alpha value is -3.81. The number of carbonyl (C=O) groups excluding carboxylic acids is 3. The highest BCUT2D eigenvalue weighted by Crippen LogP contribution is 2.39. The van der Waals surface area contributed by atoms with Crippen LogP contribution in [-0.4, -0.2) is 54.4 Å². The Kier molecular flexibility index (Phi) is 5.84. The molecule has 2 atom stereocenters. The van der Waals surface area contributed by atoms with Crippen LogP contribution in [0.1, 0.15) is 29.7 Å². The van der Waals surface area contributed by atoms with Crippen LogP contribution in [0.5, 0.6) is 5.75 Å². The van der Waals surface area contributed by atoms with E-state index < -0.39 is 12.1 Å². The fraction of sp³-hybridized carbons (Fsp3) is 0.320. The van der Waals surface area contributed by atoms with Crippen LogP contribution in [0, 0.1) is 13.8 Å². The number of nitrogens with one attached hydrogen (secondary N) is 2. The lowest BCUT2D eigenvalue weighted by Gasteiger charge is -2.31. The summed E-state index contributed by atoms with van der Waals surface area (Å²) in [6.45, 7) is 5.85. The highest BCUT2D eigenvalue weighted by atomic mass is 16.5. The highest BCUT2D eigenvalue weighted by Gasteiger charge is 2.45. The SMILES string of the molecule is COc1ccccc1[C@H]1NC(=O)N(C)C2=C1C(=O)N([C@@H](C)C(=O)Nc1ccc(C)c(C)c1)C2. The number of hydrogen-bond acceptors (Lipinski definition) is 4. The fourth-order valence-corrected chi connectivity index (χ4v) is 4.25. The molecule has 0 saturated carbocycles. The highest BCUT2D eigenvalue weighted by molar-refractivity contribution is 6.05. The molecular formula is C25H28N4O4. The van der Waals surface area contributed by atoms with Gasteiger partial charge >= 0.3 is 6.03 Å². The van der Waals surface area contributed by atoms with Gasteiger partial charge in [0, 0.05) is 18.3 Å². The van der Waals surface area contributed by atoms with Crippen molar-refractivity contribution < 1.29 is 19.1 Å². The van der Waals surface area contributed by atoms with Crippen LogP contribution in [0.3, 0.4) is 0 Å². The van der Waals surface area contributed by atoms with Crippen LogP contribution in [-0.2, 0) is 9.59 Å². The van der Waals surface area contributed by atoms with E-state index in [0.717, 1.165) is 11.1 Å². The van der Waals surface area contributed by atoms with Crippen molar-refractivity contribution >= 4 is 23.5 Å². The molecule has 0 saturated heterocycles. The molecule has 8 heteroatoms. The van der Waals surface area contributed by atoms with Gasteiger partial charge in [-0.15, -0.1) is 0 Å². The summed E-state index contributed by atoms with van der Waals surface area (Å²) in [6.07, 6.45) is 0. The molecule has 4 rings (SSSR count). The number of ether oxygens (including phenoxy) is 1. The Labute approximate surface area is 193 Å². The van der Waals surface area contributed by atoms with Crippen molar-refractivity contribution in [3.63, 3.8) is 0 Å². The molecule has 0 bridgehead atoms. The first kappa shape index (κ1) is 22.4. The van der Waals surface area contributed by atoms with Gasteiger partial charge in [-0.05, 0) is 50.1 Å². The van der Waals surface area contributed by atoms with E-state index in [0.29, 0.717) is 28.3 Å². The van der Waals surface area contributed by atoms with Crippen LogP contribution in [0.4, 0.5) is 10.5 Å². The number of hydrogen-bond donors (Lipinski definition) is 2. The molecule has 2 aliphatic heterocycles. The number of rotatable bonds is 5. The summed E-state index contributed by atoms with van der Waals surface area (Å²) >= 11 is 0. The Morgan fingerprint density at radius 2 is 1.88 bits per heavy atom. The van der Waals surface area contributed by atoms with Gasteiger partial charge in [-0.2, -0.15) is 0 Å². The molecule has 8 nitrogen and oxygen atoms in total. The zero-order chi connectivity index (χ0) is 23.9. The third kappa shape index (κ3) is 3.92. The smallest absolute Gasteiger partial charge is 0.322 e. The number of urea groups is 1. The number of nitrogens with zero attached hydrogens (tertiary/aromatic N) is 2. The van der Waals surface area contributed by atoms with E-state index in [9.17, 15) is 14.4 Å². The van der Waals surface area contributed by atoms with Crippen LogP contribution >= 0.6 is 0 Å². The van der Waals surface area contributed by atoms with Gasteiger partial charge in [-0.3, -0.25) is 14.5 Å². The molecule has 0 spiro atoms. The number of methoxy groups -OCH3 is 1. The Morgan fingerprint density at radius 1 is 1.15 bits per heavy atom. The number of aryl methyl sites for hydroxylation is 2. The van der Waals surface area contributed by atoms with E-state index in [-0.39, 0.29) is 24.4 Å². The van der Waals surface area contributed by atoms with Gasteiger partial charge in [0.1, 0.15) is 11.8 Å². The predicted molar refractivity (Wildman–Crippen MR) is 125 cm³/mol. The molecule has 33 heavy (non-hydrogen) atoms. The number of para-hydroxylation sites is 1. The van der Waals surface area contributed by atoms with Crippen molar-refractivity contribution in [3.8, 4) is 5.75 Å². The third-order valence-corrected chi connectivity index (χ3v) is 6.46. The summed E-state index contributed by atoms with van der Waals surface area (Å²) in [5.74, 6) is 0.00343. The second-order valence-electron chi connectivity index (χ2n) is 8.44. The van der Waals surface area contributed by atoms with Crippen molar-refractivity contribution in [2.24, 2.45) is 0 Å². The molecule has 2 aromatic carbocycles. The van der Waals surface area contributed by atoms with E-state index in [1.165, 1.54) is 9.80 Å². The normalized spacial score (nSPS) is 18.8. The van der Waals surface area contributed by atoms with E-state index >= 15 is 0 Å². The van der Waals surface area contributed by atoms with Gasteiger partial charge in [0.25, 0.3) is 5.91 Å². The van der Waals surface area contributed by atoms with Gasteiger partial charge in [0.2, 0.25) is 5.91 Å². The number of anilines is 1. The summed E-state index contributed by atoms with van der Waals surface area (Å²) in [7, 11) is 3.17. The molecule has 0 fully saturated rings. The summed E-state index contributed by atoms with van der Waals surface area (Å²) in [5, 5.41) is 5.80. The van der Waals surface area contributed by atoms with E-state index in [4.69, 9.17) is 4.74 Å². The van der Waals surface area contributed by atoms with E-state index in [1.807, 2.05) is 50.2 Å². The van der Waals surface area contributed by atoms with Crippen LogP contribution < -0.4 is 15.4 Å². The summed E-state index contributed by atoms with van der Waals surface area (Å²) in [5.41, 5.74) is 4.62. The minimum Gasteiger partial charge on any atom is -0.496 e. The van der Waals surface area contributed by atoms with Gasteiger partial charge in [-0.25, -0.2) is 4.79 Å². The molecule has 172 valence electrons. The first-order valence-electron chi connectivity index (χ1n) is 10.8. The number of likely N-dealkylation sites (N-methyl/N-ethyl adjacent to an activating group) is 1. The van der Waals surface area contributed by atoms with Crippen molar-refractivity contribution in [1.29, 1.82) is 0 Å². The van der Waals surface area contributed by atoms with Crippen molar-refractivity contribution in [2.75, 3.05) is 26.0 Å². The molecule has 0 aromatic heterocycles. The summed E-state index contributed by atoms with van der Waals surface area (Å²) in [4.78, 5) is 42.2. The lowest BCUT2D eigenvalue weighted by atomic mass is 9.95. The number of amides is 4. The molecule has 0 aliphatic carbocycles. The molecule has 2 aliphatic rings. The minimum atomic E-state index is -0.730. The topological polar surface area (TPSA) is 91.0 Å². The Bertz CT molecular complexity index is 1170. The van der Waals surface area contributed by atoms with Gasteiger partial charge in [0.05, 0.1) is 31.0 Å². The molecule has 0 radical (unpaired) electrons. The summed E-state index contributed by atoms with van der Waals surface area (Å²) < 4.78 is 5.46. The molecule has 2 aromatic rings. The Morgan fingerprint density at radius 3 is 2.58 bits per heavy atom. The van der Waals surface area contributed by atoms with E-state index in [2.05, 4.69) is 10.6 Å². The standard InChI is InChI=1S/C25H28N4O4/c1-14-10-11-17(12-15(14)2)26-23(30)16(3)29-13-19-21(24(29)31)22(27-25(32)28(19)4)18-8-6-7-9-20(18)33-5/h6-12,16,22H,13H2,1-5H3,(H,26,30)(H,27,32)/t16-,22+/m0/s1. The van der Waals surface area contributed by atoms with Crippen LogP contribution in [0.2, 0.25) is 0 Å². The monoisotopic (exact) mass is 448 g/mol. The van der Waals surface area contributed by atoms with Gasteiger partial charge < -0.3 is 20.3 Å². The molecule has 2 heterocycles.